The Bertz CT molecular complexity index is 330. The molecule has 0 amide bonds. The van der Waals surface area contributed by atoms with E-state index in [1.54, 1.807) is 0 Å². The lowest BCUT2D eigenvalue weighted by Crippen LogP contribution is -2.47. The predicted octanol–water partition coefficient (Wildman–Crippen LogP) is 2.81. The van der Waals surface area contributed by atoms with Crippen molar-refractivity contribution in [2.24, 2.45) is 0 Å². The van der Waals surface area contributed by atoms with Crippen LogP contribution in [-0.2, 0) is 12.0 Å². The molecule has 1 aromatic heterocycles. The fourth-order valence-electron chi connectivity index (χ4n) is 2.10. The van der Waals surface area contributed by atoms with Crippen LogP contribution in [0.25, 0.3) is 0 Å². The van der Waals surface area contributed by atoms with Crippen molar-refractivity contribution >= 4 is 15.9 Å². The smallest absolute Gasteiger partial charge is 0.169 e. The highest BCUT2D eigenvalue weighted by atomic mass is 79.9. The molecule has 0 fully saturated rings. The molecule has 1 aromatic rings. The van der Waals surface area contributed by atoms with Crippen LogP contribution in [0.15, 0.2) is 15.2 Å². The summed E-state index contributed by atoms with van der Waals surface area (Å²) in [4.78, 5) is 0. The molecule has 0 saturated carbocycles. The van der Waals surface area contributed by atoms with Gasteiger partial charge in [0.25, 0.3) is 0 Å². The first kappa shape index (κ1) is 9.28. The second-order valence-corrected chi connectivity index (χ2v) is 5.04. The van der Waals surface area contributed by atoms with E-state index in [4.69, 9.17) is 4.42 Å². The van der Waals surface area contributed by atoms with E-state index in [9.17, 15) is 0 Å². The summed E-state index contributed by atoms with van der Waals surface area (Å²) in [6.07, 6.45) is 0.977. The molecule has 2 nitrogen and oxygen atoms in total. The van der Waals surface area contributed by atoms with Crippen molar-refractivity contribution in [3.8, 4) is 0 Å². The molecule has 1 unspecified atom stereocenters. The minimum absolute atomic E-state index is 0.0303. The second-order valence-electron chi connectivity index (χ2n) is 4.26. The molecule has 0 aliphatic carbocycles. The number of hydrogen-bond acceptors (Lipinski definition) is 2. The van der Waals surface area contributed by atoms with Gasteiger partial charge in [0, 0.05) is 23.6 Å². The molecule has 1 aliphatic rings. The standard InChI is InChI=1S/C10H14BrNO/c1-6-4-8-7(5-9(11)13-8)10(2,3)12-6/h5-6,12H,4H2,1-3H3. The fourth-order valence-corrected chi connectivity index (χ4v) is 2.52. The monoisotopic (exact) mass is 243 g/mol. The zero-order valence-electron chi connectivity index (χ0n) is 8.15. The predicted molar refractivity (Wildman–Crippen MR) is 55.7 cm³/mol. The molecule has 3 heteroatoms. The number of rotatable bonds is 0. The van der Waals surface area contributed by atoms with Crippen LogP contribution >= 0.6 is 15.9 Å². The number of fused-ring (bicyclic) bond motifs is 1. The number of halogens is 1. The first-order valence-electron chi connectivity index (χ1n) is 4.55. The molecule has 2 heterocycles. The second kappa shape index (κ2) is 2.85. The highest BCUT2D eigenvalue weighted by Gasteiger charge is 2.33. The van der Waals surface area contributed by atoms with Crippen LogP contribution in [0, 0.1) is 0 Å². The molecule has 0 aromatic carbocycles. The molecule has 1 aliphatic heterocycles. The van der Waals surface area contributed by atoms with Gasteiger partial charge in [-0.2, -0.15) is 0 Å². The zero-order chi connectivity index (χ0) is 9.64. The van der Waals surface area contributed by atoms with Gasteiger partial charge in [-0.1, -0.05) is 0 Å². The van der Waals surface area contributed by atoms with Crippen molar-refractivity contribution in [3.05, 3.63) is 22.1 Å². The van der Waals surface area contributed by atoms with E-state index in [1.807, 2.05) is 0 Å². The molecule has 0 spiro atoms. The largest absolute Gasteiger partial charge is 0.454 e. The van der Waals surface area contributed by atoms with Crippen molar-refractivity contribution in [3.63, 3.8) is 0 Å². The van der Waals surface area contributed by atoms with E-state index in [1.165, 1.54) is 5.56 Å². The Labute approximate surface area is 86.8 Å². The molecule has 0 radical (unpaired) electrons. The molecule has 13 heavy (non-hydrogen) atoms. The van der Waals surface area contributed by atoms with Crippen LogP contribution in [0.2, 0.25) is 0 Å². The maximum atomic E-state index is 5.59. The van der Waals surface area contributed by atoms with E-state index in [0.717, 1.165) is 16.9 Å². The SMILES string of the molecule is CC1Cc2oc(Br)cc2C(C)(C)N1. The van der Waals surface area contributed by atoms with Crippen molar-refractivity contribution in [1.29, 1.82) is 0 Å². The number of furan rings is 1. The van der Waals surface area contributed by atoms with Gasteiger partial charge < -0.3 is 9.73 Å². The highest BCUT2D eigenvalue weighted by Crippen LogP contribution is 2.34. The molecule has 2 rings (SSSR count). The van der Waals surface area contributed by atoms with E-state index in [-0.39, 0.29) is 5.54 Å². The Morgan fingerprint density at radius 1 is 1.62 bits per heavy atom. The van der Waals surface area contributed by atoms with Crippen LogP contribution in [0.4, 0.5) is 0 Å². The summed E-state index contributed by atoms with van der Waals surface area (Å²) in [6.45, 7) is 6.55. The summed E-state index contributed by atoms with van der Waals surface area (Å²) in [5, 5.41) is 3.54. The first-order chi connectivity index (χ1) is 5.99. The normalized spacial score (nSPS) is 25.7. The molecule has 72 valence electrons. The Morgan fingerprint density at radius 2 is 2.31 bits per heavy atom. The first-order valence-corrected chi connectivity index (χ1v) is 5.35. The zero-order valence-corrected chi connectivity index (χ0v) is 9.73. The van der Waals surface area contributed by atoms with Gasteiger partial charge in [0.2, 0.25) is 0 Å². The maximum Gasteiger partial charge on any atom is 0.169 e. The van der Waals surface area contributed by atoms with Crippen molar-refractivity contribution in [1.82, 2.24) is 5.32 Å². The topological polar surface area (TPSA) is 25.2 Å². The molecule has 0 saturated heterocycles. The summed E-state index contributed by atoms with van der Waals surface area (Å²) in [5.41, 5.74) is 1.31. The Hall–Kier alpha value is -0.280. The minimum atomic E-state index is 0.0303. The van der Waals surface area contributed by atoms with Gasteiger partial charge in [-0.15, -0.1) is 0 Å². The third kappa shape index (κ3) is 1.55. The van der Waals surface area contributed by atoms with Gasteiger partial charge in [-0.3, -0.25) is 0 Å². The lowest BCUT2D eigenvalue weighted by Gasteiger charge is -2.34. The fraction of sp³-hybridized carbons (Fsp3) is 0.600. The van der Waals surface area contributed by atoms with E-state index < -0.39 is 0 Å². The van der Waals surface area contributed by atoms with Gasteiger partial charge in [0.05, 0.1) is 0 Å². The average molecular weight is 244 g/mol. The van der Waals surface area contributed by atoms with Gasteiger partial charge in [-0.05, 0) is 42.8 Å². The molecular weight excluding hydrogens is 230 g/mol. The summed E-state index contributed by atoms with van der Waals surface area (Å²) in [6, 6.07) is 2.55. The molecule has 1 N–H and O–H groups in total. The maximum absolute atomic E-state index is 5.59. The average Bonchev–Trinajstić information content (AvgIpc) is 2.28. The molecule has 0 bridgehead atoms. The van der Waals surface area contributed by atoms with Crippen LogP contribution in [0.1, 0.15) is 32.1 Å². The van der Waals surface area contributed by atoms with Gasteiger partial charge in [-0.25, -0.2) is 0 Å². The van der Waals surface area contributed by atoms with Crippen LogP contribution < -0.4 is 5.32 Å². The van der Waals surface area contributed by atoms with Crippen molar-refractivity contribution in [2.75, 3.05) is 0 Å². The molecular formula is C10H14BrNO. The van der Waals surface area contributed by atoms with E-state index in [0.29, 0.717) is 6.04 Å². The Morgan fingerprint density at radius 3 is 3.00 bits per heavy atom. The highest BCUT2D eigenvalue weighted by molar-refractivity contribution is 9.10. The number of hydrogen-bond donors (Lipinski definition) is 1. The Kier molecular flexibility index (Phi) is 2.04. The summed E-state index contributed by atoms with van der Waals surface area (Å²) < 4.78 is 6.42. The molecule has 1 atom stereocenters. The summed E-state index contributed by atoms with van der Waals surface area (Å²) in [5.74, 6) is 1.11. The van der Waals surface area contributed by atoms with Gasteiger partial charge >= 0.3 is 0 Å². The summed E-state index contributed by atoms with van der Waals surface area (Å²) in [7, 11) is 0. The van der Waals surface area contributed by atoms with Crippen molar-refractivity contribution in [2.45, 2.75) is 38.8 Å². The third-order valence-electron chi connectivity index (χ3n) is 2.55. The van der Waals surface area contributed by atoms with Crippen molar-refractivity contribution < 1.29 is 4.42 Å². The van der Waals surface area contributed by atoms with Gasteiger partial charge in [0.1, 0.15) is 5.76 Å². The lowest BCUT2D eigenvalue weighted by atomic mass is 9.87. The quantitative estimate of drug-likeness (QED) is 0.759. The summed E-state index contributed by atoms with van der Waals surface area (Å²) >= 11 is 3.37. The van der Waals surface area contributed by atoms with Crippen LogP contribution in [-0.4, -0.2) is 6.04 Å². The number of nitrogens with one attached hydrogen (secondary N) is 1. The lowest BCUT2D eigenvalue weighted by molar-refractivity contribution is 0.299. The van der Waals surface area contributed by atoms with Gasteiger partial charge in [0.15, 0.2) is 4.67 Å². The van der Waals surface area contributed by atoms with Crippen LogP contribution in [0.3, 0.4) is 0 Å². The third-order valence-corrected chi connectivity index (χ3v) is 2.94. The minimum Gasteiger partial charge on any atom is -0.454 e. The van der Waals surface area contributed by atoms with E-state index in [2.05, 4.69) is 48.1 Å². The Balaban J connectivity index is 2.49. The van der Waals surface area contributed by atoms with E-state index >= 15 is 0 Å². The van der Waals surface area contributed by atoms with Crippen LogP contribution in [0.5, 0.6) is 0 Å².